The summed E-state index contributed by atoms with van der Waals surface area (Å²) in [6.07, 6.45) is 3.70. The Kier molecular flexibility index (Phi) is 5.18. The standard InChI is InChI=1S/C16H23N3O/c1-4-19-12-17-10-15(19)11-20-16-8-6-5-7-14(16)9-18-13(2)3/h5-8,10,12-13,18H,4,9,11H2,1-3H3. The van der Waals surface area contributed by atoms with Crippen LogP contribution < -0.4 is 10.1 Å². The van der Waals surface area contributed by atoms with Gasteiger partial charge in [0.05, 0.1) is 18.2 Å². The molecule has 0 amide bonds. The number of aryl methyl sites for hydroxylation is 1. The number of ether oxygens (including phenoxy) is 1. The minimum Gasteiger partial charge on any atom is -0.487 e. The van der Waals surface area contributed by atoms with Gasteiger partial charge in [-0.15, -0.1) is 0 Å². The summed E-state index contributed by atoms with van der Waals surface area (Å²) in [6.45, 7) is 8.67. The average Bonchev–Trinajstić information content (AvgIpc) is 2.91. The van der Waals surface area contributed by atoms with Crippen LogP contribution in [0.15, 0.2) is 36.8 Å². The van der Waals surface area contributed by atoms with Crippen LogP contribution in [0.1, 0.15) is 32.0 Å². The van der Waals surface area contributed by atoms with E-state index in [9.17, 15) is 0 Å². The molecule has 2 aromatic rings. The lowest BCUT2D eigenvalue weighted by Crippen LogP contribution is -2.22. The number of rotatable bonds is 7. The predicted octanol–water partition coefficient (Wildman–Crippen LogP) is 2.98. The Hall–Kier alpha value is -1.81. The molecule has 20 heavy (non-hydrogen) atoms. The van der Waals surface area contributed by atoms with Crippen LogP contribution in [-0.2, 0) is 19.7 Å². The number of para-hydroxylation sites is 1. The maximum absolute atomic E-state index is 5.96. The highest BCUT2D eigenvalue weighted by molar-refractivity contribution is 5.33. The van der Waals surface area contributed by atoms with Crippen molar-refractivity contribution in [3.8, 4) is 5.75 Å². The van der Waals surface area contributed by atoms with E-state index in [2.05, 4.69) is 41.7 Å². The number of hydrogen-bond acceptors (Lipinski definition) is 3. The molecule has 0 spiro atoms. The molecule has 0 saturated heterocycles. The zero-order valence-electron chi connectivity index (χ0n) is 12.5. The second-order valence-electron chi connectivity index (χ2n) is 5.10. The molecular weight excluding hydrogens is 250 g/mol. The Labute approximate surface area is 120 Å². The lowest BCUT2D eigenvalue weighted by molar-refractivity contribution is 0.291. The number of nitrogens with zero attached hydrogens (tertiary/aromatic N) is 2. The second-order valence-corrected chi connectivity index (χ2v) is 5.10. The van der Waals surface area contributed by atoms with Crippen LogP contribution in [0.25, 0.3) is 0 Å². The second kappa shape index (κ2) is 7.10. The number of aromatic nitrogens is 2. The van der Waals surface area contributed by atoms with E-state index in [1.807, 2.05) is 30.7 Å². The lowest BCUT2D eigenvalue weighted by Gasteiger charge is -2.14. The molecule has 1 N–H and O–H groups in total. The quantitative estimate of drug-likeness (QED) is 0.843. The van der Waals surface area contributed by atoms with Gasteiger partial charge in [-0.3, -0.25) is 0 Å². The molecule has 4 heteroatoms. The van der Waals surface area contributed by atoms with Crippen LogP contribution in [0.2, 0.25) is 0 Å². The van der Waals surface area contributed by atoms with E-state index in [1.165, 1.54) is 5.56 Å². The Morgan fingerprint density at radius 1 is 1.30 bits per heavy atom. The van der Waals surface area contributed by atoms with E-state index in [0.717, 1.165) is 24.5 Å². The number of nitrogens with one attached hydrogen (secondary N) is 1. The van der Waals surface area contributed by atoms with Gasteiger partial charge in [-0.25, -0.2) is 4.98 Å². The summed E-state index contributed by atoms with van der Waals surface area (Å²) in [4.78, 5) is 4.16. The van der Waals surface area contributed by atoms with Crippen molar-refractivity contribution in [3.05, 3.63) is 48.0 Å². The van der Waals surface area contributed by atoms with Crippen molar-refractivity contribution in [2.75, 3.05) is 0 Å². The third kappa shape index (κ3) is 3.84. The Bertz CT molecular complexity index is 534. The molecular formula is C16H23N3O. The monoisotopic (exact) mass is 273 g/mol. The fourth-order valence-electron chi connectivity index (χ4n) is 2.01. The SMILES string of the molecule is CCn1cncc1COc1ccccc1CNC(C)C. The Balaban J connectivity index is 2.02. The van der Waals surface area contributed by atoms with Crippen LogP contribution in [0, 0.1) is 0 Å². The van der Waals surface area contributed by atoms with E-state index >= 15 is 0 Å². The molecule has 0 aliphatic rings. The summed E-state index contributed by atoms with van der Waals surface area (Å²) >= 11 is 0. The predicted molar refractivity (Wildman–Crippen MR) is 80.7 cm³/mol. The van der Waals surface area contributed by atoms with E-state index < -0.39 is 0 Å². The molecule has 0 unspecified atom stereocenters. The number of imidazole rings is 1. The summed E-state index contributed by atoms with van der Waals surface area (Å²) in [5.41, 5.74) is 2.28. The van der Waals surface area contributed by atoms with E-state index in [-0.39, 0.29) is 0 Å². The van der Waals surface area contributed by atoms with Crippen LogP contribution in [0.5, 0.6) is 5.75 Å². The summed E-state index contributed by atoms with van der Waals surface area (Å²) in [6, 6.07) is 8.63. The van der Waals surface area contributed by atoms with Crippen molar-refractivity contribution in [2.45, 2.75) is 46.5 Å². The van der Waals surface area contributed by atoms with Gasteiger partial charge in [0.2, 0.25) is 0 Å². The third-order valence-electron chi connectivity index (χ3n) is 3.19. The molecule has 0 aliphatic heterocycles. The molecule has 0 bridgehead atoms. The van der Waals surface area contributed by atoms with E-state index in [1.54, 1.807) is 0 Å². The minimum absolute atomic E-state index is 0.463. The zero-order valence-corrected chi connectivity index (χ0v) is 12.5. The Morgan fingerprint density at radius 3 is 2.85 bits per heavy atom. The van der Waals surface area contributed by atoms with Gasteiger partial charge in [-0.2, -0.15) is 0 Å². The highest BCUT2D eigenvalue weighted by atomic mass is 16.5. The van der Waals surface area contributed by atoms with Crippen LogP contribution >= 0.6 is 0 Å². The summed E-state index contributed by atoms with van der Waals surface area (Å²) < 4.78 is 8.05. The molecule has 4 nitrogen and oxygen atoms in total. The van der Waals surface area contributed by atoms with Gasteiger partial charge in [0.1, 0.15) is 12.4 Å². The summed E-state index contributed by atoms with van der Waals surface area (Å²) in [5.74, 6) is 0.935. The van der Waals surface area contributed by atoms with E-state index in [4.69, 9.17) is 4.74 Å². The van der Waals surface area contributed by atoms with Crippen molar-refractivity contribution in [1.29, 1.82) is 0 Å². The topological polar surface area (TPSA) is 39.1 Å². The normalized spacial score (nSPS) is 11.0. The number of benzene rings is 1. The molecule has 1 heterocycles. The van der Waals surface area contributed by atoms with Crippen LogP contribution in [-0.4, -0.2) is 15.6 Å². The molecule has 0 saturated carbocycles. The molecule has 0 atom stereocenters. The average molecular weight is 273 g/mol. The van der Waals surface area contributed by atoms with Crippen LogP contribution in [0.4, 0.5) is 0 Å². The van der Waals surface area contributed by atoms with Gasteiger partial charge in [0, 0.05) is 24.7 Å². The molecule has 1 aromatic heterocycles. The number of hydrogen-bond donors (Lipinski definition) is 1. The highest BCUT2D eigenvalue weighted by Crippen LogP contribution is 2.19. The van der Waals surface area contributed by atoms with Gasteiger partial charge < -0.3 is 14.6 Å². The minimum atomic E-state index is 0.463. The molecule has 0 fully saturated rings. The maximum atomic E-state index is 5.96. The fraction of sp³-hybridized carbons (Fsp3) is 0.438. The first-order chi connectivity index (χ1) is 9.70. The van der Waals surface area contributed by atoms with Crippen molar-refractivity contribution in [3.63, 3.8) is 0 Å². The third-order valence-corrected chi connectivity index (χ3v) is 3.19. The molecule has 108 valence electrons. The van der Waals surface area contributed by atoms with E-state index in [0.29, 0.717) is 12.6 Å². The van der Waals surface area contributed by atoms with Gasteiger partial charge in [0.15, 0.2) is 0 Å². The van der Waals surface area contributed by atoms with Gasteiger partial charge in [0.25, 0.3) is 0 Å². The largest absolute Gasteiger partial charge is 0.487 e. The highest BCUT2D eigenvalue weighted by Gasteiger charge is 2.06. The molecule has 2 rings (SSSR count). The maximum Gasteiger partial charge on any atom is 0.130 e. The van der Waals surface area contributed by atoms with Crippen molar-refractivity contribution < 1.29 is 4.74 Å². The first-order valence-corrected chi connectivity index (χ1v) is 7.13. The van der Waals surface area contributed by atoms with Crippen molar-refractivity contribution >= 4 is 0 Å². The van der Waals surface area contributed by atoms with Crippen molar-refractivity contribution in [1.82, 2.24) is 14.9 Å². The zero-order chi connectivity index (χ0) is 14.4. The first-order valence-electron chi connectivity index (χ1n) is 7.13. The molecule has 0 radical (unpaired) electrons. The Morgan fingerprint density at radius 2 is 2.10 bits per heavy atom. The fourth-order valence-corrected chi connectivity index (χ4v) is 2.01. The van der Waals surface area contributed by atoms with Gasteiger partial charge in [-0.1, -0.05) is 32.0 Å². The van der Waals surface area contributed by atoms with Gasteiger partial charge >= 0.3 is 0 Å². The first kappa shape index (κ1) is 14.6. The smallest absolute Gasteiger partial charge is 0.130 e. The van der Waals surface area contributed by atoms with Gasteiger partial charge in [-0.05, 0) is 13.0 Å². The lowest BCUT2D eigenvalue weighted by atomic mass is 10.2. The van der Waals surface area contributed by atoms with Crippen LogP contribution in [0.3, 0.4) is 0 Å². The molecule has 1 aromatic carbocycles. The summed E-state index contributed by atoms with van der Waals surface area (Å²) in [7, 11) is 0. The van der Waals surface area contributed by atoms with Crippen molar-refractivity contribution in [2.24, 2.45) is 0 Å². The molecule has 0 aliphatic carbocycles. The summed E-state index contributed by atoms with van der Waals surface area (Å²) in [5, 5.41) is 3.42.